The average molecular weight is 255 g/mol. The highest BCUT2D eigenvalue weighted by Crippen LogP contribution is 2.23. The van der Waals surface area contributed by atoms with Gasteiger partial charge in [-0.1, -0.05) is 58.4 Å². The lowest BCUT2D eigenvalue weighted by Crippen LogP contribution is -2.10. The highest BCUT2D eigenvalue weighted by Gasteiger charge is 2.12. The van der Waals surface area contributed by atoms with Crippen molar-refractivity contribution in [3.8, 4) is 0 Å². The Morgan fingerprint density at radius 1 is 1.06 bits per heavy atom. The molecular formula is C15H23ClO. The van der Waals surface area contributed by atoms with Gasteiger partial charge in [-0.15, -0.1) is 0 Å². The molecule has 1 rings (SSSR count). The van der Waals surface area contributed by atoms with Crippen LogP contribution < -0.4 is 0 Å². The highest BCUT2D eigenvalue weighted by atomic mass is 35.5. The summed E-state index contributed by atoms with van der Waals surface area (Å²) in [6, 6.07) is 8.01. The van der Waals surface area contributed by atoms with Crippen LogP contribution in [0.5, 0.6) is 0 Å². The lowest BCUT2D eigenvalue weighted by Gasteiger charge is -2.18. The molecule has 0 unspecified atom stereocenters. The molecular weight excluding hydrogens is 232 g/mol. The number of halogens is 1. The Labute approximate surface area is 110 Å². The van der Waals surface area contributed by atoms with Crippen molar-refractivity contribution in [2.24, 2.45) is 0 Å². The van der Waals surface area contributed by atoms with Gasteiger partial charge in [0.1, 0.15) is 5.78 Å². The Balaban J connectivity index is 0.000000366. The van der Waals surface area contributed by atoms with E-state index in [4.69, 9.17) is 11.6 Å². The van der Waals surface area contributed by atoms with Crippen molar-refractivity contribution in [3.05, 3.63) is 34.9 Å². The molecule has 0 aliphatic carbocycles. The summed E-state index contributed by atoms with van der Waals surface area (Å²) < 4.78 is 0. The zero-order chi connectivity index (χ0) is 13.5. The van der Waals surface area contributed by atoms with Crippen molar-refractivity contribution in [2.45, 2.75) is 52.9 Å². The number of ketones is 1. The van der Waals surface area contributed by atoms with Crippen LogP contribution in [0.3, 0.4) is 0 Å². The monoisotopic (exact) mass is 254 g/mol. The first-order valence-corrected chi connectivity index (χ1v) is 6.46. The van der Waals surface area contributed by atoms with E-state index >= 15 is 0 Å². The first-order valence-electron chi connectivity index (χ1n) is 6.09. The van der Waals surface area contributed by atoms with Crippen molar-refractivity contribution in [1.29, 1.82) is 0 Å². The zero-order valence-electron chi connectivity index (χ0n) is 11.5. The summed E-state index contributed by atoms with van der Waals surface area (Å²) >= 11 is 5.76. The van der Waals surface area contributed by atoms with E-state index in [0.29, 0.717) is 18.6 Å². The molecule has 96 valence electrons. The van der Waals surface area contributed by atoms with Crippen LogP contribution in [-0.2, 0) is 10.2 Å². The van der Waals surface area contributed by atoms with Crippen LogP contribution in [0, 0.1) is 0 Å². The quantitative estimate of drug-likeness (QED) is 0.725. The molecule has 0 amide bonds. The summed E-state index contributed by atoms with van der Waals surface area (Å²) in [5.74, 6) is 0.343. The topological polar surface area (TPSA) is 17.1 Å². The molecule has 0 fully saturated rings. The molecule has 0 aromatic heterocycles. The highest BCUT2D eigenvalue weighted by molar-refractivity contribution is 6.30. The van der Waals surface area contributed by atoms with Gasteiger partial charge in [0.25, 0.3) is 0 Å². The minimum absolute atomic E-state index is 0.227. The van der Waals surface area contributed by atoms with Crippen LogP contribution in [0.4, 0.5) is 0 Å². The van der Waals surface area contributed by atoms with Crippen LogP contribution in [0.25, 0.3) is 0 Å². The van der Waals surface area contributed by atoms with Crippen molar-refractivity contribution in [3.63, 3.8) is 0 Å². The minimum Gasteiger partial charge on any atom is -0.300 e. The predicted octanol–water partition coefficient (Wildman–Crippen LogP) is 5.01. The maximum absolute atomic E-state index is 10.2. The number of carbonyl (C=O) groups excluding carboxylic acids is 1. The third kappa shape index (κ3) is 7.17. The molecule has 0 bridgehead atoms. The van der Waals surface area contributed by atoms with Gasteiger partial charge < -0.3 is 0 Å². The normalized spacial score (nSPS) is 10.5. The molecule has 0 aliphatic heterocycles. The van der Waals surface area contributed by atoms with E-state index in [-0.39, 0.29) is 5.41 Å². The fourth-order valence-electron chi connectivity index (χ4n) is 1.20. The maximum atomic E-state index is 10.2. The van der Waals surface area contributed by atoms with Gasteiger partial charge in [0.05, 0.1) is 0 Å². The number of benzene rings is 1. The van der Waals surface area contributed by atoms with Crippen molar-refractivity contribution in [1.82, 2.24) is 0 Å². The number of hydrogen-bond acceptors (Lipinski definition) is 1. The lowest BCUT2D eigenvalue weighted by molar-refractivity contribution is -0.118. The summed E-state index contributed by atoms with van der Waals surface area (Å²) in [4.78, 5) is 10.2. The summed E-state index contributed by atoms with van der Waals surface area (Å²) in [6.45, 7) is 10.3. The summed E-state index contributed by atoms with van der Waals surface area (Å²) in [5, 5.41) is 0.804. The van der Waals surface area contributed by atoms with Crippen LogP contribution in [0.2, 0.25) is 5.02 Å². The predicted molar refractivity (Wildman–Crippen MR) is 75.7 cm³/mol. The van der Waals surface area contributed by atoms with Crippen LogP contribution >= 0.6 is 11.6 Å². The van der Waals surface area contributed by atoms with Gasteiger partial charge in [-0.05, 0) is 23.1 Å². The molecule has 1 aromatic carbocycles. The largest absolute Gasteiger partial charge is 0.300 e. The van der Waals surface area contributed by atoms with Crippen molar-refractivity contribution in [2.75, 3.05) is 0 Å². The second-order valence-corrected chi connectivity index (χ2v) is 5.44. The fraction of sp³-hybridized carbons (Fsp3) is 0.533. The van der Waals surface area contributed by atoms with Gasteiger partial charge in [-0.3, -0.25) is 4.79 Å². The van der Waals surface area contributed by atoms with E-state index in [2.05, 4.69) is 32.9 Å². The second-order valence-electron chi connectivity index (χ2n) is 5.00. The minimum atomic E-state index is 0.227. The van der Waals surface area contributed by atoms with E-state index in [1.165, 1.54) is 5.56 Å². The van der Waals surface area contributed by atoms with E-state index in [1.807, 2.05) is 26.0 Å². The zero-order valence-corrected chi connectivity index (χ0v) is 12.3. The number of hydrogen-bond donors (Lipinski definition) is 0. The summed E-state index contributed by atoms with van der Waals surface area (Å²) in [6.07, 6.45) is 1.38. The molecule has 0 atom stereocenters. The third-order valence-electron chi connectivity index (χ3n) is 2.50. The number of Topliss-reactive ketones (excluding diaryl/α,β-unsaturated/α-hetero) is 1. The third-order valence-corrected chi connectivity index (χ3v) is 2.75. The second kappa shape index (κ2) is 7.50. The Bertz CT molecular complexity index is 327. The first kappa shape index (κ1) is 16.2. The van der Waals surface area contributed by atoms with Gasteiger partial charge in [0.2, 0.25) is 0 Å². The molecule has 1 nitrogen and oxygen atoms in total. The molecule has 0 radical (unpaired) electrons. The van der Waals surface area contributed by atoms with Gasteiger partial charge in [0.15, 0.2) is 0 Å². The van der Waals surface area contributed by atoms with E-state index in [1.54, 1.807) is 0 Å². The van der Waals surface area contributed by atoms with Gasteiger partial charge in [0, 0.05) is 17.9 Å². The molecule has 2 heteroatoms. The first-order chi connectivity index (χ1) is 7.81. The number of rotatable bonds is 2. The standard InChI is InChI=1S/C10H13Cl.C5H10O/c1-10(2,3)8-4-6-9(11)7-5-8;1-3-5(6)4-2/h4-7H,1-3H3;3-4H2,1-2H3. The Kier molecular flexibility index (Phi) is 7.13. The average Bonchev–Trinajstić information content (AvgIpc) is 2.28. The van der Waals surface area contributed by atoms with Gasteiger partial charge >= 0.3 is 0 Å². The van der Waals surface area contributed by atoms with Gasteiger partial charge in [-0.25, -0.2) is 0 Å². The Hall–Kier alpha value is -0.820. The van der Waals surface area contributed by atoms with Crippen LogP contribution in [0.1, 0.15) is 53.0 Å². The Morgan fingerprint density at radius 2 is 1.47 bits per heavy atom. The lowest BCUT2D eigenvalue weighted by atomic mass is 9.87. The summed E-state index contributed by atoms with van der Waals surface area (Å²) in [5.41, 5.74) is 1.55. The van der Waals surface area contributed by atoms with Crippen LogP contribution in [0.15, 0.2) is 24.3 Å². The molecule has 0 saturated carbocycles. The van der Waals surface area contributed by atoms with Gasteiger partial charge in [-0.2, -0.15) is 0 Å². The molecule has 1 aromatic rings. The summed E-state index contributed by atoms with van der Waals surface area (Å²) in [7, 11) is 0. The molecule has 0 spiro atoms. The van der Waals surface area contributed by atoms with E-state index in [9.17, 15) is 4.79 Å². The molecule has 0 heterocycles. The smallest absolute Gasteiger partial charge is 0.132 e. The SMILES string of the molecule is CC(C)(C)c1ccc(Cl)cc1.CCC(=O)CC. The van der Waals surface area contributed by atoms with E-state index in [0.717, 1.165) is 5.02 Å². The number of carbonyl (C=O) groups is 1. The van der Waals surface area contributed by atoms with Crippen LogP contribution in [-0.4, -0.2) is 5.78 Å². The van der Waals surface area contributed by atoms with Crippen molar-refractivity contribution < 1.29 is 4.79 Å². The van der Waals surface area contributed by atoms with Crippen molar-refractivity contribution >= 4 is 17.4 Å². The molecule has 0 saturated heterocycles. The maximum Gasteiger partial charge on any atom is 0.132 e. The molecule has 17 heavy (non-hydrogen) atoms. The fourth-order valence-corrected chi connectivity index (χ4v) is 1.33. The molecule has 0 aliphatic rings. The molecule has 0 N–H and O–H groups in total. The van der Waals surface area contributed by atoms with E-state index < -0.39 is 0 Å². The Morgan fingerprint density at radius 3 is 1.71 bits per heavy atom.